The van der Waals surface area contributed by atoms with E-state index < -0.39 is 6.10 Å². The first-order valence-electron chi connectivity index (χ1n) is 4.78. The van der Waals surface area contributed by atoms with Crippen molar-refractivity contribution >= 4 is 5.91 Å². The first-order chi connectivity index (χ1) is 7.09. The molecule has 3 N–H and O–H groups in total. The second-order valence-corrected chi connectivity index (χ2v) is 3.31. The highest BCUT2D eigenvalue weighted by atomic mass is 16.5. The second kappa shape index (κ2) is 5.36. The monoisotopic (exact) mass is 209 g/mol. The number of benzene rings is 1. The van der Waals surface area contributed by atoms with E-state index in [0.717, 1.165) is 5.56 Å². The van der Waals surface area contributed by atoms with Crippen LogP contribution in [0.2, 0.25) is 0 Å². The van der Waals surface area contributed by atoms with E-state index in [9.17, 15) is 9.90 Å². The van der Waals surface area contributed by atoms with Crippen LogP contribution in [-0.4, -0.2) is 17.6 Å². The Morgan fingerprint density at radius 3 is 2.53 bits per heavy atom. The van der Waals surface area contributed by atoms with E-state index in [2.05, 4.69) is 0 Å². The highest BCUT2D eigenvalue weighted by Crippen LogP contribution is 2.17. The second-order valence-electron chi connectivity index (χ2n) is 3.31. The van der Waals surface area contributed by atoms with Crippen LogP contribution in [0.25, 0.3) is 0 Å². The number of amides is 1. The lowest BCUT2D eigenvalue weighted by molar-refractivity contribution is -0.118. The Hall–Kier alpha value is -1.55. The third kappa shape index (κ3) is 3.99. The average molecular weight is 209 g/mol. The zero-order valence-electron chi connectivity index (χ0n) is 8.64. The van der Waals surface area contributed by atoms with Crippen molar-refractivity contribution in [2.45, 2.75) is 19.4 Å². The number of aliphatic hydroxyl groups excluding tert-OH is 1. The summed E-state index contributed by atoms with van der Waals surface area (Å²) in [5.41, 5.74) is 5.80. The molecule has 0 fully saturated rings. The van der Waals surface area contributed by atoms with E-state index in [1.54, 1.807) is 31.2 Å². The lowest BCUT2D eigenvalue weighted by Crippen LogP contribution is -2.14. The minimum atomic E-state index is -0.482. The molecule has 4 heteroatoms. The zero-order chi connectivity index (χ0) is 11.3. The van der Waals surface area contributed by atoms with E-state index in [1.807, 2.05) is 0 Å². The van der Waals surface area contributed by atoms with Crippen LogP contribution in [-0.2, 0) is 4.79 Å². The van der Waals surface area contributed by atoms with Crippen molar-refractivity contribution in [3.05, 3.63) is 29.8 Å². The van der Waals surface area contributed by atoms with Crippen LogP contribution in [0, 0.1) is 0 Å². The lowest BCUT2D eigenvalue weighted by atomic mass is 10.1. The van der Waals surface area contributed by atoms with Crippen molar-refractivity contribution in [2.24, 2.45) is 5.73 Å². The first-order valence-corrected chi connectivity index (χ1v) is 4.78. The van der Waals surface area contributed by atoms with Gasteiger partial charge in [-0.15, -0.1) is 0 Å². The number of hydrogen-bond acceptors (Lipinski definition) is 3. The Kier molecular flexibility index (Phi) is 4.12. The molecule has 1 atom stereocenters. The van der Waals surface area contributed by atoms with Crippen LogP contribution in [0.5, 0.6) is 5.75 Å². The quantitative estimate of drug-likeness (QED) is 0.759. The van der Waals surface area contributed by atoms with Crippen LogP contribution in [0.4, 0.5) is 0 Å². The normalized spacial score (nSPS) is 12.1. The van der Waals surface area contributed by atoms with Gasteiger partial charge < -0.3 is 15.6 Å². The molecular formula is C11H15NO3. The smallest absolute Gasteiger partial charge is 0.220 e. The van der Waals surface area contributed by atoms with Crippen molar-refractivity contribution in [1.29, 1.82) is 0 Å². The number of rotatable bonds is 5. The molecule has 0 saturated carbocycles. The highest BCUT2D eigenvalue weighted by molar-refractivity contribution is 5.73. The van der Waals surface area contributed by atoms with E-state index in [0.29, 0.717) is 5.75 Å². The Morgan fingerprint density at radius 2 is 2.07 bits per heavy atom. The molecule has 1 aromatic rings. The summed E-state index contributed by atoms with van der Waals surface area (Å²) in [5.74, 6) is 0.288. The fourth-order valence-electron chi connectivity index (χ4n) is 1.11. The molecule has 15 heavy (non-hydrogen) atoms. The number of carbonyl (C=O) groups excluding carboxylic acids is 1. The highest BCUT2D eigenvalue weighted by Gasteiger charge is 2.01. The number of aliphatic hydroxyl groups is 1. The molecule has 0 aliphatic carbocycles. The molecule has 0 saturated heterocycles. The van der Waals surface area contributed by atoms with Gasteiger partial charge in [0.05, 0.1) is 19.1 Å². The van der Waals surface area contributed by atoms with E-state index in [4.69, 9.17) is 10.5 Å². The summed E-state index contributed by atoms with van der Waals surface area (Å²) in [6.45, 7) is 1.98. The number of carbonyl (C=O) groups is 1. The first kappa shape index (κ1) is 11.5. The molecule has 0 heterocycles. The Bertz CT molecular complexity index is 319. The van der Waals surface area contributed by atoms with Gasteiger partial charge in [0.15, 0.2) is 0 Å². The van der Waals surface area contributed by atoms with Crippen molar-refractivity contribution in [3.63, 3.8) is 0 Å². The maximum Gasteiger partial charge on any atom is 0.220 e. The summed E-state index contributed by atoms with van der Waals surface area (Å²) in [6, 6.07) is 7.07. The van der Waals surface area contributed by atoms with Gasteiger partial charge in [-0.05, 0) is 24.6 Å². The molecule has 1 aromatic carbocycles. The summed E-state index contributed by atoms with van der Waals surface area (Å²) >= 11 is 0. The molecule has 82 valence electrons. The zero-order valence-corrected chi connectivity index (χ0v) is 8.64. The topological polar surface area (TPSA) is 72.6 Å². The van der Waals surface area contributed by atoms with Gasteiger partial charge in [0, 0.05) is 0 Å². The van der Waals surface area contributed by atoms with Gasteiger partial charge >= 0.3 is 0 Å². The van der Waals surface area contributed by atoms with E-state index in [-0.39, 0.29) is 18.9 Å². The third-order valence-corrected chi connectivity index (χ3v) is 1.98. The molecule has 0 aliphatic rings. The minimum absolute atomic E-state index is 0.207. The molecule has 1 rings (SSSR count). The number of primary amides is 1. The standard InChI is InChI=1S/C11H15NO3/c1-8(13)9-2-4-10(5-3-9)15-7-6-11(12)14/h2-5,8,13H,6-7H2,1H3,(H2,12,14). The predicted octanol–water partition coefficient (Wildman–Crippen LogP) is 0.994. The van der Waals surface area contributed by atoms with Gasteiger partial charge in [0.2, 0.25) is 5.91 Å². The molecular weight excluding hydrogens is 194 g/mol. The van der Waals surface area contributed by atoms with Gasteiger partial charge in [0.25, 0.3) is 0 Å². The summed E-state index contributed by atoms with van der Waals surface area (Å²) in [7, 11) is 0. The third-order valence-electron chi connectivity index (χ3n) is 1.98. The van der Waals surface area contributed by atoms with Crippen LogP contribution in [0.15, 0.2) is 24.3 Å². The molecule has 4 nitrogen and oxygen atoms in total. The molecule has 1 amide bonds. The van der Waals surface area contributed by atoms with E-state index >= 15 is 0 Å². The molecule has 1 unspecified atom stereocenters. The van der Waals surface area contributed by atoms with Crippen LogP contribution in [0.3, 0.4) is 0 Å². The maximum atomic E-state index is 10.4. The molecule has 0 spiro atoms. The molecule has 0 bridgehead atoms. The number of ether oxygens (including phenoxy) is 1. The summed E-state index contributed by atoms with van der Waals surface area (Å²) in [4.78, 5) is 10.4. The Balaban J connectivity index is 2.46. The van der Waals surface area contributed by atoms with Crippen molar-refractivity contribution < 1.29 is 14.6 Å². The Morgan fingerprint density at radius 1 is 1.47 bits per heavy atom. The van der Waals surface area contributed by atoms with Crippen molar-refractivity contribution in [3.8, 4) is 5.75 Å². The van der Waals surface area contributed by atoms with Crippen LogP contribution in [0.1, 0.15) is 25.0 Å². The number of nitrogens with two attached hydrogens (primary N) is 1. The van der Waals surface area contributed by atoms with Crippen molar-refractivity contribution in [2.75, 3.05) is 6.61 Å². The molecule has 0 radical (unpaired) electrons. The largest absolute Gasteiger partial charge is 0.493 e. The lowest BCUT2D eigenvalue weighted by Gasteiger charge is -2.07. The Labute approximate surface area is 88.7 Å². The SMILES string of the molecule is CC(O)c1ccc(OCCC(N)=O)cc1. The molecule has 0 aliphatic heterocycles. The molecule has 0 aromatic heterocycles. The summed E-state index contributed by atoms with van der Waals surface area (Å²) in [5, 5.41) is 9.26. The summed E-state index contributed by atoms with van der Waals surface area (Å²) in [6.07, 6.45) is -0.275. The number of hydrogen-bond donors (Lipinski definition) is 2. The van der Waals surface area contributed by atoms with Gasteiger partial charge in [-0.3, -0.25) is 4.79 Å². The minimum Gasteiger partial charge on any atom is -0.493 e. The van der Waals surface area contributed by atoms with Gasteiger partial charge in [-0.1, -0.05) is 12.1 Å². The fraction of sp³-hybridized carbons (Fsp3) is 0.364. The van der Waals surface area contributed by atoms with E-state index in [1.165, 1.54) is 0 Å². The van der Waals surface area contributed by atoms with Gasteiger partial charge in [-0.2, -0.15) is 0 Å². The predicted molar refractivity (Wildman–Crippen MR) is 56.4 cm³/mol. The van der Waals surface area contributed by atoms with Crippen molar-refractivity contribution in [1.82, 2.24) is 0 Å². The van der Waals surface area contributed by atoms with Crippen LogP contribution >= 0.6 is 0 Å². The average Bonchev–Trinajstić information content (AvgIpc) is 2.18. The van der Waals surface area contributed by atoms with Crippen LogP contribution < -0.4 is 10.5 Å². The van der Waals surface area contributed by atoms with Gasteiger partial charge in [0.1, 0.15) is 5.75 Å². The summed E-state index contributed by atoms with van der Waals surface area (Å²) < 4.78 is 5.27. The fourth-order valence-corrected chi connectivity index (χ4v) is 1.11. The van der Waals surface area contributed by atoms with Gasteiger partial charge in [-0.25, -0.2) is 0 Å². The maximum absolute atomic E-state index is 10.4.